The number of anilines is 1. The topological polar surface area (TPSA) is 37.0 Å². The SMILES string of the molecule is CCCNCc1cnc(C)cc1NC1CC1. The van der Waals surface area contributed by atoms with Gasteiger partial charge < -0.3 is 10.6 Å². The largest absolute Gasteiger partial charge is 0.382 e. The molecular formula is C13H21N3. The van der Waals surface area contributed by atoms with E-state index in [-0.39, 0.29) is 0 Å². The lowest BCUT2D eigenvalue weighted by Gasteiger charge is -2.12. The van der Waals surface area contributed by atoms with E-state index < -0.39 is 0 Å². The monoisotopic (exact) mass is 219 g/mol. The first-order valence-corrected chi connectivity index (χ1v) is 6.22. The predicted octanol–water partition coefficient (Wildman–Crippen LogP) is 2.46. The van der Waals surface area contributed by atoms with Crippen molar-refractivity contribution < 1.29 is 0 Å². The van der Waals surface area contributed by atoms with Crippen LogP contribution in [0.3, 0.4) is 0 Å². The van der Waals surface area contributed by atoms with Gasteiger partial charge in [0.25, 0.3) is 0 Å². The molecule has 0 spiro atoms. The van der Waals surface area contributed by atoms with Crippen LogP contribution in [0, 0.1) is 6.92 Å². The third-order valence-electron chi connectivity index (χ3n) is 2.80. The fourth-order valence-electron chi connectivity index (χ4n) is 1.71. The van der Waals surface area contributed by atoms with Crippen LogP contribution in [-0.2, 0) is 6.54 Å². The Bertz CT molecular complexity index is 345. The fraction of sp³-hybridized carbons (Fsp3) is 0.615. The van der Waals surface area contributed by atoms with E-state index in [0.29, 0.717) is 6.04 Å². The van der Waals surface area contributed by atoms with E-state index in [2.05, 4.69) is 28.6 Å². The molecule has 0 aromatic carbocycles. The lowest BCUT2D eigenvalue weighted by Crippen LogP contribution is -2.16. The van der Waals surface area contributed by atoms with E-state index in [9.17, 15) is 0 Å². The first kappa shape index (κ1) is 11.4. The summed E-state index contributed by atoms with van der Waals surface area (Å²) in [4.78, 5) is 4.37. The summed E-state index contributed by atoms with van der Waals surface area (Å²) in [6, 6.07) is 2.85. The number of nitrogens with one attached hydrogen (secondary N) is 2. The number of nitrogens with zero attached hydrogens (tertiary/aromatic N) is 1. The number of aromatic nitrogens is 1. The van der Waals surface area contributed by atoms with Gasteiger partial charge in [-0.2, -0.15) is 0 Å². The van der Waals surface area contributed by atoms with Crippen LogP contribution in [0.15, 0.2) is 12.3 Å². The van der Waals surface area contributed by atoms with Crippen LogP contribution < -0.4 is 10.6 Å². The van der Waals surface area contributed by atoms with Crippen molar-refractivity contribution in [1.29, 1.82) is 0 Å². The van der Waals surface area contributed by atoms with Gasteiger partial charge in [0.05, 0.1) is 0 Å². The number of hydrogen-bond acceptors (Lipinski definition) is 3. The zero-order valence-corrected chi connectivity index (χ0v) is 10.2. The number of aryl methyl sites for hydroxylation is 1. The maximum atomic E-state index is 4.37. The van der Waals surface area contributed by atoms with E-state index in [4.69, 9.17) is 0 Å². The second-order valence-electron chi connectivity index (χ2n) is 4.58. The molecule has 3 nitrogen and oxygen atoms in total. The van der Waals surface area contributed by atoms with Gasteiger partial charge in [0.15, 0.2) is 0 Å². The maximum Gasteiger partial charge on any atom is 0.0421 e. The van der Waals surface area contributed by atoms with Crippen LogP contribution in [0.5, 0.6) is 0 Å². The van der Waals surface area contributed by atoms with Gasteiger partial charge in [-0.05, 0) is 38.8 Å². The molecule has 0 atom stereocenters. The third kappa shape index (κ3) is 3.20. The summed E-state index contributed by atoms with van der Waals surface area (Å²) in [5.41, 5.74) is 3.63. The normalized spacial score (nSPS) is 15.1. The zero-order valence-electron chi connectivity index (χ0n) is 10.2. The molecule has 1 fully saturated rings. The Labute approximate surface area is 97.7 Å². The molecule has 1 aromatic rings. The molecule has 1 heterocycles. The lowest BCUT2D eigenvalue weighted by molar-refractivity contribution is 0.674. The molecule has 0 radical (unpaired) electrons. The average Bonchev–Trinajstić information content (AvgIpc) is 3.05. The Morgan fingerprint density at radius 3 is 2.94 bits per heavy atom. The molecule has 2 rings (SSSR count). The first-order chi connectivity index (χ1) is 7.79. The summed E-state index contributed by atoms with van der Waals surface area (Å²) in [5.74, 6) is 0. The summed E-state index contributed by atoms with van der Waals surface area (Å²) in [6.07, 6.45) is 5.78. The van der Waals surface area contributed by atoms with Crippen molar-refractivity contribution in [3.8, 4) is 0 Å². The quantitative estimate of drug-likeness (QED) is 0.722. The van der Waals surface area contributed by atoms with Crippen molar-refractivity contribution in [2.24, 2.45) is 0 Å². The van der Waals surface area contributed by atoms with Gasteiger partial charge in [-0.3, -0.25) is 4.98 Å². The number of hydrogen-bond donors (Lipinski definition) is 2. The van der Waals surface area contributed by atoms with Gasteiger partial charge in [-0.25, -0.2) is 0 Å². The summed E-state index contributed by atoms with van der Waals surface area (Å²) in [7, 11) is 0. The van der Waals surface area contributed by atoms with Crippen molar-refractivity contribution in [2.45, 2.75) is 45.7 Å². The van der Waals surface area contributed by atoms with Crippen LogP contribution >= 0.6 is 0 Å². The molecule has 3 heteroatoms. The Kier molecular flexibility index (Phi) is 3.78. The standard InChI is InChI=1S/C13H21N3/c1-3-6-14-8-11-9-15-10(2)7-13(11)16-12-4-5-12/h7,9,12,14H,3-6,8H2,1-2H3,(H,15,16). The van der Waals surface area contributed by atoms with Crippen LogP contribution in [0.1, 0.15) is 37.4 Å². The molecule has 1 aliphatic rings. The van der Waals surface area contributed by atoms with Crippen molar-refractivity contribution in [3.05, 3.63) is 23.5 Å². The van der Waals surface area contributed by atoms with Crippen LogP contribution in [0.2, 0.25) is 0 Å². The van der Waals surface area contributed by atoms with Crippen LogP contribution in [0.4, 0.5) is 5.69 Å². The fourth-order valence-corrected chi connectivity index (χ4v) is 1.71. The summed E-state index contributed by atoms with van der Waals surface area (Å²) in [5, 5.41) is 7.00. The molecule has 1 aromatic heterocycles. The second-order valence-corrected chi connectivity index (χ2v) is 4.58. The third-order valence-corrected chi connectivity index (χ3v) is 2.80. The molecule has 0 unspecified atom stereocenters. The van der Waals surface area contributed by atoms with Gasteiger partial charge in [0, 0.05) is 35.7 Å². The van der Waals surface area contributed by atoms with Gasteiger partial charge in [-0.1, -0.05) is 6.92 Å². The number of pyridine rings is 1. The van der Waals surface area contributed by atoms with Crippen LogP contribution in [0.25, 0.3) is 0 Å². The van der Waals surface area contributed by atoms with Gasteiger partial charge in [0.2, 0.25) is 0 Å². The van der Waals surface area contributed by atoms with Gasteiger partial charge in [0.1, 0.15) is 0 Å². The Morgan fingerprint density at radius 1 is 1.44 bits per heavy atom. The Hall–Kier alpha value is -1.09. The molecular weight excluding hydrogens is 198 g/mol. The first-order valence-electron chi connectivity index (χ1n) is 6.22. The minimum atomic E-state index is 0.701. The van der Waals surface area contributed by atoms with E-state index in [1.807, 2.05) is 13.1 Å². The van der Waals surface area contributed by atoms with Crippen LogP contribution in [-0.4, -0.2) is 17.6 Å². The molecule has 0 bridgehead atoms. The minimum absolute atomic E-state index is 0.701. The summed E-state index contributed by atoms with van der Waals surface area (Å²) in [6.45, 7) is 6.21. The Balaban J connectivity index is 2.01. The molecule has 1 aliphatic carbocycles. The Morgan fingerprint density at radius 2 is 2.25 bits per heavy atom. The second kappa shape index (κ2) is 5.30. The maximum absolute atomic E-state index is 4.37. The van der Waals surface area contributed by atoms with E-state index in [0.717, 1.165) is 18.8 Å². The molecule has 0 saturated heterocycles. The minimum Gasteiger partial charge on any atom is -0.382 e. The molecule has 88 valence electrons. The van der Waals surface area contributed by atoms with Crippen molar-refractivity contribution in [3.63, 3.8) is 0 Å². The van der Waals surface area contributed by atoms with Crippen molar-refractivity contribution >= 4 is 5.69 Å². The number of rotatable bonds is 6. The van der Waals surface area contributed by atoms with E-state index >= 15 is 0 Å². The lowest BCUT2D eigenvalue weighted by atomic mass is 10.2. The van der Waals surface area contributed by atoms with Gasteiger partial charge in [-0.15, -0.1) is 0 Å². The molecule has 16 heavy (non-hydrogen) atoms. The summed E-state index contributed by atoms with van der Waals surface area (Å²) >= 11 is 0. The van der Waals surface area contributed by atoms with E-state index in [1.165, 1.54) is 30.5 Å². The van der Waals surface area contributed by atoms with Crippen molar-refractivity contribution in [2.75, 3.05) is 11.9 Å². The summed E-state index contributed by atoms with van der Waals surface area (Å²) < 4.78 is 0. The van der Waals surface area contributed by atoms with Crippen molar-refractivity contribution in [1.82, 2.24) is 10.3 Å². The van der Waals surface area contributed by atoms with E-state index in [1.54, 1.807) is 0 Å². The highest BCUT2D eigenvalue weighted by molar-refractivity contribution is 5.52. The zero-order chi connectivity index (χ0) is 11.4. The smallest absolute Gasteiger partial charge is 0.0421 e. The molecule has 1 saturated carbocycles. The molecule has 0 aliphatic heterocycles. The average molecular weight is 219 g/mol. The highest BCUT2D eigenvalue weighted by Gasteiger charge is 2.21. The molecule has 0 amide bonds. The highest BCUT2D eigenvalue weighted by atomic mass is 15.0. The highest BCUT2D eigenvalue weighted by Crippen LogP contribution is 2.26. The molecule has 2 N–H and O–H groups in total. The predicted molar refractivity (Wildman–Crippen MR) is 67.6 cm³/mol. The van der Waals surface area contributed by atoms with Gasteiger partial charge >= 0.3 is 0 Å².